The maximum absolute atomic E-state index is 12.2. The average Bonchev–Trinajstić information content (AvgIpc) is 2.75. The highest BCUT2D eigenvalue weighted by Crippen LogP contribution is 2.15. The van der Waals surface area contributed by atoms with E-state index in [0.717, 1.165) is 5.56 Å². The zero-order valence-electron chi connectivity index (χ0n) is 15.2. The summed E-state index contributed by atoms with van der Waals surface area (Å²) in [6.45, 7) is 0. The highest BCUT2D eigenvalue weighted by Gasteiger charge is 2.06. The number of nitrogens with zero attached hydrogens (tertiary/aromatic N) is 3. The molecule has 0 saturated heterocycles. The lowest BCUT2D eigenvalue weighted by atomic mass is 10.2. The standard InChI is InChI=1S/C21H16N6O2/c28-19(27-23-13-14-9-11-22-12-10-14)15-5-7-16(8-6-15)24-21-25-18-4-2-1-3-17(18)20(29)26-21/h1-13H,(H,27,28)(H2,24,25,26,29)/b23-13-. The summed E-state index contributed by atoms with van der Waals surface area (Å²) in [6, 6.07) is 17.4. The molecule has 0 radical (unpaired) electrons. The maximum Gasteiger partial charge on any atom is 0.271 e. The van der Waals surface area contributed by atoms with Crippen molar-refractivity contribution in [3.8, 4) is 0 Å². The maximum atomic E-state index is 12.2. The van der Waals surface area contributed by atoms with Gasteiger partial charge in [-0.05, 0) is 54.1 Å². The zero-order valence-corrected chi connectivity index (χ0v) is 15.2. The molecule has 0 fully saturated rings. The molecule has 2 aromatic heterocycles. The van der Waals surface area contributed by atoms with Crippen LogP contribution >= 0.6 is 0 Å². The summed E-state index contributed by atoms with van der Waals surface area (Å²) < 4.78 is 0. The largest absolute Gasteiger partial charge is 0.326 e. The van der Waals surface area contributed by atoms with Crippen LogP contribution in [0, 0.1) is 0 Å². The number of hydrazone groups is 1. The molecular formula is C21H16N6O2. The Labute approximate surface area is 165 Å². The number of para-hydroxylation sites is 1. The number of hydrogen-bond donors (Lipinski definition) is 3. The third kappa shape index (κ3) is 4.33. The molecule has 3 N–H and O–H groups in total. The van der Waals surface area contributed by atoms with Crippen LogP contribution in [0.3, 0.4) is 0 Å². The van der Waals surface area contributed by atoms with E-state index in [0.29, 0.717) is 28.1 Å². The van der Waals surface area contributed by atoms with Crippen molar-refractivity contribution in [1.29, 1.82) is 0 Å². The highest BCUT2D eigenvalue weighted by atomic mass is 16.2. The van der Waals surface area contributed by atoms with E-state index < -0.39 is 0 Å². The number of aromatic amines is 1. The van der Waals surface area contributed by atoms with Gasteiger partial charge in [0, 0.05) is 23.6 Å². The predicted octanol–water partition coefficient (Wildman–Crippen LogP) is 2.83. The molecule has 8 nitrogen and oxygen atoms in total. The van der Waals surface area contributed by atoms with Gasteiger partial charge in [-0.3, -0.25) is 19.6 Å². The minimum Gasteiger partial charge on any atom is -0.326 e. The third-order valence-electron chi connectivity index (χ3n) is 4.11. The van der Waals surface area contributed by atoms with Gasteiger partial charge in [-0.2, -0.15) is 5.10 Å². The van der Waals surface area contributed by atoms with E-state index in [4.69, 9.17) is 0 Å². The van der Waals surface area contributed by atoms with E-state index in [1.807, 2.05) is 6.07 Å². The Hall–Kier alpha value is -4.33. The SMILES string of the molecule is O=C(N/N=C\c1ccncc1)c1ccc(Nc2nc3ccccc3c(=O)[nH]2)cc1. The number of hydrogen-bond acceptors (Lipinski definition) is 6. The quantitative estimate of drug-likeness (QED) is 0.362. The van der Waals surface area contributed by atoms with Crippen LogP contribution in [-0.4, -0.2) is 27.1 Å². The summed E-state index contributed by atoms with van der Waals surface area (Å²) in [6.07, 6.45) is 4.83. The Balaban J connectivity index is 1.43. The number of aromatic nitrogens is 3. The lowest BCUT2D eigenvalue weighted by Gasteiger charge is -2.07. The summed E-state index contributed by atoms with van der Waals surface area (Å²) in [7, 11) is 0. The van der Waals surface area contributed by atoms with Gasteiger partial charge in [0.05, 0.1) is 17.1 Å². The van der Waals surface area contributed by atoms with Gasteiger partial charge in [-0.1, -0.05) is 12.1 Å². The second kappa shape index (κ2) is 8.13. The van der Waals surface area contributed by atoms with E-state index in [9.17, 15) is 9.59 Å². The van der Waals surface area contributed by atoms with E-state index in [2.05, 4.69) is 30.8 Å². The first-order valence-corrected chi connectivity index (χ1v) is 8.79. The van der Waals surface area contributed by atoms with Crippen LogP contribution in [0.4, 0.5) is 11.6 Å². The molecule has 0 spiro atoms. The average molecular weight is 384 g/mol. The fraction of sp³-hybridized carbons (Fsp3) is 0. The number of carbonyl (C=O) groups is 1. The number of fused-ring (bicyclic) bond motifs is 1. The molecule has 2 heterocycles. The molecule has 4 rings (SSSR count). The van der Waals surface area contributed by atoms with Crippen LogP contribution in [0.15, 0.2) is 83.0 Å². The van der Waals surface area contributed by atoms with Gasteiger partial charge >= 0.3 is 0 Å². The van der Waals surface area contributed by atoms with Crippen LogP contribution < -0.4 is 16.3 Å². The summed E-state index contributed by atoms with van der Waals surface area (Å²) in [5.74, 6) is -0.00746. The Kier molecular flexibility index (Phi) is 5.06. The van der Waals surface area contributed by atoms with Gasteiger partial charge in [-0.25, -0.2) is 10.4 Å². The van der Waals surface area contributed by atoms with Crippen molar-refractivity contribution in [2.24, 2.45) is 5.10 Å². The lowest BCUT2D eigenvalue weighted by Crippen LogP contribution is -2.17. The van der Waals surface area contributed by atoms with E-state index >= 15 is 0 Å². The number of amides is 1. The zero-order chi connectivity index (χ0) is 20.1. The second-order valence-corrected chi connectivity index (χ2v) is 6.11. The monoisotopic (exact) mass is 384 g/mol. The van der Waals surface area contributed by atoms with Gasteiger partial charge in [-0.15, -0.1) is 0 Å². The van der Waals surface area contributed by atoms with Crippen molar-refractivity contribution >= 4 is 34.7 Å². The topological polar surface area (TPSA) is 112 Å². The lowest BCUT2D eigenvalue weighted by molar-refractivity contribution is 0.0955. The molecule has 142 valence electrons. The first-order chi connectivity index (χ1) is 14.2. The van der Waals surface area contributed by atoms with Crippen LogP contribution in [0.25, 0.3) is 10.9 Å². The molecule has 0 atom stereocenters. The van der Waals surface area contributed by atoms with Crippen LogP contribution in [0.2, 0.25) is 0 Å². The van der Waals surface area contributed by atoms with Crippen molar-refractivity contribution in [2.75, 3.05) is 5.32 Å². The van der Waals surface area contributed by atoms with E-state index in [1.165, 1.54) is 6.21 Å². The number of H-pyrrole nitrogens is 1. The van der Waals surface area contributed by atoms with Crippen molar-refractivity contribution < 1.29 is 4.79 Å². The van der Waals surface area contributed by atoms with E-state index in [1.54, 1.807) is 67.0 Å². The number of rotatable bonds is 5. The molecule has 0 bridgehead atoms. The smallest absolute Gasteiger partial charge is 0.271 e. The summed E-state index contributed by atoms with van der Waals surface area (Å²) in [5.41, 5.74) is 4.81. The van der Waals surface area contributed by atoms with Crippen molar-refractivity contribution in [1.82, 2.24) is 20.4 Å². The predicted molar refractivity (Wildman–Crippen MR) is 111 cm³/mol. The second-order valence-electron chi connectivity index (χ2n) is 6.11. The fourth-order valence-corrected chi connectivity index (χ4v) is 2.67. The molecule has 8 heteroatoms. The summed E-state index contributed by atoms with van der Waals surface area (Å²) in [4.78, 5) is 35.3. The number of nitrogens with one attached hydrogen (secondary N) is 3. The number of carbonyl (C=O) groups excluding carboxylic acids is 1. The fourth-order valence-electron chi connectivity index (χ4n) is 2.67. The molecule has 0 aliphatic rings. The Bertz CT molecular complexity index is 1230. The van der Waals surface area contributed by atoms with Crippen molar-refractivity contribution in [3.63, 3.8) is 0 Å². The molecule has 0 aliphatic heterocycles. The Morgan fingerprint density at radius 2 is 1.76 bits per heavy atom. The summed E-state index contributed by atoms with van der Waals surface area (Å²) in [5, 5.41) is 7.49. The molecule has 0 aliphatic carbocycles. The van der Waals surface area contributed by atoms with Gasteiger partial charge in [0.25, 0.3) is 11.5 Å². The Morgan fingerprint density at radius 1 is 1.00 bits per heavy atom. The molecule has 4 aromatic rings. The van der Waals surface area contributed by atoms with Crippen LogP contribution in [0.1, 0.15) is 15.9 Å². The first-order valence-electron chi connectivity index (χ1n) is 8.79. The van der Waals surface area contributed by atoms with Crippen LogP contribution in [0.5, 0.6) is 0 Å². The Morgan fingerprint density at radius 3 is 2.55 bits per heavy atom. The number of benzene rings is 2. The minimum atomic E-state index is -0.334. The normalized spacial score (nSPS) is 10.9. The van der Waals surface area contributed by atoms with Gasteiger partial charge in [0.2, 0.25) is 5.95 Å². The van der Waals surface area contributed by atoms with Crippen molar-refractivity contribution in [2.45, 2.75) is 0 Å². The number of pyridine rings is 1. The first kappa shape index (κ1) is 18.1. The molecule has 29 heavy (non-hydrogen) atoms. The summed E-state index contributed by atoms with van der Waals surface area (Å²) >= 11 is 0. The highest BCUT2D eigenvalue weighted by molar-refractivity contribution is 5.95. The molecular weight excluding hydrogens is 368 g/mol. The number of anilines is 2. The van der Waals surface area contributed by atoms with Gasteiger partial charge in [0.1, 0.15) is 0 Å². The van der Waals surface area contributed by atoms with Crippen LogP contribution in [-0.2, 0) is 0 Å². The molecule has 0 unspecified atom stereocenters. The van der Waals surface area contributed by atoms with Crippen molar-refractivity contribution in [3.05, 3.63) is 94.5 Å². The van der Waals surface area contributed by atoms with E-state index in [-0.39, 0.29) is 11.5 Å². The molecule has 2 aromatic carbocycles. The third-order valence-corrected chi connectivity index (χ3v) is 4.11. The molecule has 1 amide bonds. The molecule has 0 saturated carbocycles. The minimum absolute atomic E-state index is 0.221. The van der Waals surface area contributed by atoms with Gasteiger partial charge < -0.3 is 5.32 Å². The van der Waals surface area contributed by atoms with Gasteiger partial charge in [0.15, 0.2) is 0 Å².